The van der Waals surface area contributed by atoms with E-state index in [2.05, 4.69) is 28.5 Å². The number of likely N-dealkylation sites (N-methyl/N-ethyl adjacent to an activating group) is 2. The molecule has 0 spiro atoms. The van der Waals surface area contributed by atoms with Gasteiger partial charge >= 0.3 is 0 Å². The number of ether oxygens (including phenoxy) is 2. The zero-order valence-electron chi connectivity index (χ0n) is 18.8. The van der Waals surface area contributed by atoms with Crippen LogP contribution in [-0.2, 0) is 13.1 Å². The molecule has 0 saturated carbocycles. The van der Waals surface area contributed by atoms with E-state index >= 15 is 0 Å². The number of hydrogen-bond acceptors (Lipinski definition) is 5. The molecule has 0 unspecified atom stereocenters. The lowest BCUT2D eigenvalue weighted by molar-refractivity contribution is 0.174. The van der Waals surface area contributed by atoms with Crippen LogP contribution in [0.5, 0.6) is 11.5 Å². The van der Waals surface area contributed by atoms with Gasteiger partial charge in [-0.1, -0.05) is 11.6 Å². The molecule has 168 valence electrons. The van der Waals surface area contributed by atoms with Crippen molar-refractivity contribution in [1.82, 2.24) is 18.9 Å². The highest BCUT2D eigenvalue weighted by Crippen LogP contribution is 2.41. The topological polar surface area (TPSA) is 51.9 Å². The highest BCUT2D eigenvalue weighted by molar-refractivity contribution is 6.31. The van der Waals surface area contributed by atoms with Gasteiger partial charge in [-0.2, -0.15) is 0 Å². The fourth-order valence-corrected chi connectivity index (χ4v) is 4.63. The van der Waals surface area contributed by atoms with Gasteiger partial charge in [0.15, 0.2) is 11.5 Å². The molecule has 0 atom stereocenters. The van der Waals surface area contributed by atoms with Crippen molar-refractivity contribution in [3.63, 3.8) is 0 Å². The quantitative estimate of drug-likeness (QED) is 0.445. The second kappa shape index (κ2) is 7.99. The van der Waals surface area contributed by atoms with Crippen LogP contribution < -0.4 is 15.0 Å². The number of pyridine rings is 1. The average Bonchev–Trinajstić information content (AvgIpc) is 3.32. The summed E-state index contributed by atoms with van der Waals surface area (Å²) in [6.45, 7) is 3.11. The summed E-state index contributed by atoms with van der Waals surface area (Å²) < 4.78 is 15.4. The van der Waals surface area contributed by atoms with Crippen LogP contribution in [0.1, 0.15) is 0 Å². The first kappa shape index (κ1) is 21.1. The van der Waals surface area contributed by atoms with Crippen molar-refractivity contribution >= 4 is 44.3 Å². The molecule has 0 N–H and O–H groups in total. The lowest BCUT2D eigenvalue weighted by Crippen LogP contribution is -2.27. The van der Waals surface area contributed by atoms with E-state index in [1.165, 1.54) is 0 Å². The van der Waals surface area contributed by atoms with Gasteiger partial charge in [0.05, 0.1) is 21.9 Å². The Morgan fingerprint density at radius 2 is 1.50 bits per heavy atom. The molecule has 4 aromatic rings. The molecule has 2 aromatic carbocycles. The number of benzene rings is 2. The molecule has 0 amide bonds. The summed E-state index contributed by atoms with van der Waals surface area (Å²) >= 11 is 6.37. The molecule has 8 heteroatoms. The molecule has 3 heterocycles. The first-order chi connectivity index (χ1) is 15.3. The third-order valence-corrected chi connectivity index (χ3v) is 6.30. The van der Waals surface area contributed by atoms with E-state index in [1.54, 1.807) is 0 Å². The van der Waals surface area contributed by atoms with Crippen molar-refractivity contribution < 1.29 is 9.47 Å². The molecule has 5 rings (SSSR count). The molecule has 7 nitrogen and oxygen atoms in total. The highest BCUT2D eigenvalue weighted by Gasteiger charge is 2.24. The number of halogens is 1. The van der Waals surface area contributed by atoms with Gasteiger partial charge in [0.1, 0.15) is 0 Å². The van der Waals surface area contributed by atoms with Gasteiger partial charge in [-0.05, 0) is 52.5 Å². The average molecular weight is 455 g/mol. The Labute approximate surface area is 191 Å². The van der Waals surface area contributed by atoms with E-state index in [0.717, 1.165) is 47.0 Å². The Hall–Kier alpha value is -2.74. The predicted molar refractivity (Wildman–Crippen MR) is 129 cm³/mol. The van der Waals surface area contributed by atoms with Gasteiger partial charge in [0.2, 0.25) is 6.79 Å². The van der Waals surface area contributed by atoms with Gasteiger partial charge in [0.25, 0.3) is 5.56 Å². The predicted octanol–water partition coefficient (Wildman–Crippen LogP) is 3.61. The van der Waals surface area contributed by atoms with Gasteiger partial charge in [0, 0.05) is 48.0 Å². The first-order valence-electron chi connectivity index (χ1n) is 10.7. The summed E-state index contributed by atoms with van der Waals surface area (Å²) in [6, 6.07) is 9.76. The molecule has 0 saturated heterocycles. The smallest absolute Gasteiger partial charge is 0.261 e. The normalized spacial score (nSPS) is 13.5. The zero-order chi connectivity index (χ0) is 22.6. The number of aromatic nitrogens is 2. The lowest BCUT2D eigenvalue weighted by atomic mass is 10.1. The Morgan fingerprint density at radius 1 is 0.875 bits per heavy atom. The van der Waals surface area contributed by atoms with Gasteiger partial charge in [-0.3, -0.25) is 4.79 Å². The van der Waals surface area contributed by atoms with Crippen LogP contribution in [0.3, 0.4) is 0 Å². The maximum Gasteiger partial charge on any atom is 0.261 e. The van der Waals surface area contributed by atoms with Crippen molar-refractivity contribution in [2.24, 2.45) is 0 Å². The fraction of sp³-hybridized carbons (Fsp3) is 0.375. The maximum atomic E-state index is 13.9. The molecule has 0 radical (unpaired) electrons. The number of nitrogens with zero attached hydrogens (tertiary/aromatic N) is 4. The largest absolute Gasteiger partial charge is 0.454 e. The minimum absolute atomic E-state index is 0.0101. The van der Waals surface area contributed by atoms with E-state index in [-0.39, 0.29) is 12.4 Å². The Kier molecular flexibility index (Phi) is 5.28. The van der Waals surface area contributed by atoms with Gasteiger partial charge in [-0.25, -0.2) is 0 Å². The van der Waals surface area contributed by atoms with Gasteiger partial charge in [-0.15, -0.1) is 0 Å². The van der Waals surface area contributed by atoms with Crippen LogP contribution in [0.25, 0.3) is 32.7 Å². The number of fused-ring (bicyclic) bond motifs is 6. The molecule has 2 aromatic heterocycles. The molecule has 0 aliphatic carbocycles. The number of rotatable bonds is 6. The standard InChI is InChI=1S/C24H27ClN4O3/c1-26(2)7-9-28-19-13-21-20(31-14-32-21)12-17(19)22-23(28)16-6-5-15(25)11-18(16)29(24(22)30)10-8-27(3)4/h5-6,11-13H,7-10,14H2,1-4H3. The van der Waals surface area contributed by atoms with E-state index in [1.807, 2.05) is 49.0 Å². The van der Waals surface area contributed by atoms with E-state index in [9.17, 15) is 4.79 Å². The van der Waals surface area contributed by atoms with Crippen LogP contribution in [0.15, 0.2) is 35.1 Å². The van der Waals surface area contributed by atoms with Crippen molar-refractivity contribution in [3.8, 4) is 11.5 Å². The van der Waals surface area contributed by atoms with E-state index < -0.39 is 0 Å². The Balaban J connectivity index is 1.92. The van der Waals surface area contributed by atoms with Crippen molar-refractivity contribution in [2.75, 3.05) is 48.1 Å². The molecular formula is C24H27ClN4O3. The summed E-state index contributed by atoms with van der Waals surface area (Å²) in [5, 5.41) is 3.24. The molecule has 32 heavy (non-hydrogen) atoms. The van der Waals surface area contributed by atoms with E-state index in [0.29, 0.717) is 28.5 Å². The lowest BCUT2D eigenvalue weighted by Gasteiger charge is -2.17. The van der Waals surface area contributed by atoms with Crippen molar-refractivity contribution in [1.29, 1.82) is 0 Å². The fourth-order valence-electron chi connectivity index (χ4n) is 4.46. The maximum absolute atomic E-state index is 13.9. The highest BCUT2D eigenvalue weighted by atomic mass is 35.5. The van der Waals surface area contributed by atoms with Crippen LogP contribution >= 0.6 is 11.6 Å². The zero-order valence-corrected chi connectivity index (χ0v) is 19.6. The van der Waals surface area contributed by atoms with Crippen molar-refractivity contribution in [3.05, 3.63) is 45.7 Å². The minimum Gasteiger partial charge on any atom is -0.454 e. The minimum atomic E-state index is -0.0101. The molecule has 1 aliphatic heterocycles. The van der Waals surface area contributed by atoms with Crippen molar-refractivity contribution in [2.45, 2.75) is 13.1 Å². The second-order valence-corrected chi connectivity index (χ2v) is 9.26. The molecule has 0 fully saturated rings. The number of hydrogen-bond donors (Lipinski definition) is 0. The van der Waals surface area contributed by atoms with Crippen LogP contribution in [0.4, 0.5) is 0 Å². The monoisotopic (exact) mass is 454 g/mol. The Morgan fingerprint density at radius 3 is 2.19 bits per heavy atom. The molecule has 0 bridgehead atoms. The molecule has 1 aliphatic rings. The molecular weight excluding hydrogens is 428 g/mol. The third kappa shape index (κ3) is 3.41. The van der Waals surface area contributed by atoms with E-state index in [4.69, 9.17) is 21.1 Å². The summed E-state index contributed by atoms with van der Waals surface area (Å²) in [6.07, 6.45) is 0. The summed E-state index contributed by atoms with van der Waals surface area (Å²) in [5.74, 6) is 1.39. The Bertz CT molecular complexity index is 1400. The van der Waals surface area contributed by atoms with Crippen LogP contribution in [0, 0.1) is 0 Å². The van der Waals surface area contributed by atoms with Gasteiger partial charge < -0.3 is 28.4 Å². The van der Waals surface area contributed by atoms with Crippen LogP contribution in [0.2, 0.25) is 5.02 Å². The first-order valence-corrected chi connectivity index (χ1v) is 11.1. The summed E-state index contributed by atoms with van der Waals surface area (Å²) in [5.41, 5.74) is 2.75. The second-order valence-electron chi connectivity index (χ2n) is 8.82. The summed E-state index contributed by atoms with van der Waals surface area (Å²) in [4.78, 5) is 18.2. The van der Waals surface area contributed by atoms with Crippen LogP contribution in [-0.4, -0.2) is 67.0 Å². The summed E-state index contributed by atoms with van der Waals surface area (Å²) in [7, 11) is 8.11. The SMILES string of the molecule is CN(C)CCn1c(=O)c2c3cc4c(cc3n(CCN(C)C)c2c2ccc(Cl)cc21)OCO4. The third-order valence-electron chi connectivity index (χ3n) is 6.06.